The first-order valence-corrected chi connectivity index (χ1v) is 5.92. The Kier molecular flexibility index (Phi) is 4.00. The van der Waals surface area contributed by atoms with Gasteiger partial charge in [0.05, 0.1) is 0 Å². The number of aliphatic imine (C=N–C) groups is 1. The Labute approximate surface area is 97.3 Å². The molecule has 1 rings (SSSR count). The molecular weight excluding hydrogens is 202 g/mol. The molecule has 3 nitrogen and oxygen atoms in total. The van der Waals surface area contributed by atoms with Crippen LogP contribution in [0.4, 0.5) is 0 Å². The topological polar surface area (TPSA) is 46.5 Å². The molecule has 1 aliphatic carbocycles. The third-order valence-electron chi connectivity index (χ3n) is 3.07. The number of nitrogens with zero attached hydrogens (tertiary/aromatic N) is 1. The molecule has 0 bridgehead atoms. The molecule has 0 amide bonds. The molecule has 90 valence electrons. The van der Waals surface area contributed by atoms with Crippen LogP contribution < -0.4 is 0 Å². The number of carbonyl (C=O) groups is 2. The molecule has 16 heavy (non-hydrogen) atoms. The van der Waals surface area contributed by atoms with Gasteiger partial charge in [-0.1, -0.05) is 20.8 Å². The predicted molar refractivity (Wildman–Crippen MR) is 64.8 cm³/mol. The lowest BCUT2D eigenvalue weighted by molar-refractivity contribution is -0.132. The van der Waals surface area contributed by atoms with Crippen LogP contribution in [0.2, 0.25) is 0 Å². The van der Waals surface area contributed by atoms with Crippen LogP contribution in [0.15, 0.2) is 4.99 Å². The molecule has 0 aliphatic heterocycles. The summed E-state index contributed by atoms with van der Waals surface area (Å²) in [6.07, 6.45) is 2.53. The van der Waals surface area contributed by atoms with Crippen molar-refractivity contribution >= 4 is 17.3 Å². The fourth-order valence-electron chi connectivity index (χ4n) is 2.38. The van der Waals surface area contributed by atoms with E-state index >= 15 is 0 Å². The highest BCUT2D eigenvalue weighted by atomic mass is 16.2. The van der Waals surface area contributed by atoms with E-state index < -0.39 is 5.92 Å². The highest BCUT2D eigenvalue weighted by Crippen LogP contribution is 2.35. The number of Topliss-reactive ketones (excluding diaryl/α,β-unsaturated/α-hetero) is 2. The lowest BCUT2D eigenvalue weighted by Crippen LogP contribution is -2.41. The minimum absolute atomic E-state index is 0.0450. The molecule has 0 spiro atoms. The van der Waals surface area contributed by atoms with Crippen LogP contribution >= 0.6 is 0 Å². The van der Waals surface area contributed by atoms with E-state index in [2.05, 4.69) is 18.8 Å². The first-order valence-electron chi connectivity index (χ1n) is 5.92. The fraction of sp³-hybridized carbons (Fsp3) is 0.769. The highest BCUT2D eigenvalue weighted by Gasteiger charge is 2.40. The predicted octanol–water partition coefficient (Wildman–Crippen LogP) is 2.43. The third kappa shape index (κ3) is 2.77. The van der Waals surface area contributed by atoms with Crippen molar-refractivity contribution < 1.29 is 9.59 Å². The summed E-state index contributed by atoms with van der Waals surface area (Å²) < 4.78 is 0. The second-order valence-corrected chi connectivity index (χ2v) is 5.35. The van der Waals surface area contributed by atoms with Crippen molar-refractivity contribution in [3.8, 4) is 0 Å². The summed E-state index contributed by atoms with van der Waals surface area (Å²) in [4.78, 5) is 28.0. The van der Waals surface area contributed by atoms with E-state index in [4.69, 9.17) is 0 Å². The van der Waals surface area contributed by atoms with Gasteiger partial charge in [0.2, 0.25) is 0 Å². The Balaban J connectivity index is 2.92. The number of hydrogen-bond acceptors (Lipinski definition) is 3. The van der Waals surface area contributed by atoms with Crippen LogP contribution in [0.25, 0.3) is 0 Å². The van der Waals surface area contributed by atoms with Gasteiger partial charge in [0.25, 0.3) is 0 Å². The van der Waals surface area contributed by atoms with Gasteiger partial charge >= 0.3 is 0 Å². The summed E-state index contributed by atoms with van der Waals surface area (Å²) in [5.41, 5.74) is 0.731. The zero-order valence-corrected chi connectivity index (χ0v) is 10.7. The molecule has 1 fully saturated rings. The maximum atomic E-state index is 12.0. The van der Waals surface area contributed by atoms with Gasteiger partial charge in [0.15, 0.2) is 0 Å². The van der Waals surface area contributed by atoms with Crippen LogP contribution in [-0.4, -0.2) is 24.3 Å². The zero-order chi connectivity index (χ0) is 12.3. The summed E-state index contributed by atoms with van der Waals surface area (Å²) >= 11 is 0. The first kappa shape index (κ1) is 13.1. The highest BCUT2D eigenvalue weighted by molar-refractivity contribution is 6.22. The van der Waals surface area contributed by atoms with Gasteiger partial charge in [-0.2, -0.15) is 0 Å². The van der Waals surface area contributed by atoms with E-state index in [0.717, 1.165) is 18.6 Å². The van der Waals surface area contributed by atoms with Crippen molar-refractivity contribution in [1.82, 2.24) is 0 Å². The van der Waals surface area contributed by atoms with Gasteiger partial charge in [-0.3, -0.25) is 14.6 Å². The monoisotopic (exact) mass is 223 g/mol. The number of ketones is 2. The van der Waals surface area contributed by atoms with Gasteiger partial charge < -0.3 is 0 Å². The van der Waals surface area contributed by atoms with E-state index in [0.29, 0.717) is 12.8 Å². The number of rotatable bonds is 3. The second kappa shape index (κ2) is 4.89. The van der Waals surface area contributed by atoms with Crippen LogP contribution in [-0.2, 0) is 9.59 Å². The van der Waals surface area contributed by atoms with Crippen LogP contribution in [0, 0.1) is 11.3 Å². The average Bonchev–Trinajstić information content (AvgIpc) is 2.15. The molecule has 0 saturated heterocycles. The maximum Gasteiger partial charge on any atom is 0.149 e. The molecule has 0 aromatic heterocycles. The molecule has 0 radical (unpaired) electrons. The minimum atomic E-state index is -0.544. The van der Waals surface area contributed by atoms with Crippen molar-refractivity contribution in [2.24, 2.45) is 16.3 Å². The van der Waals surface area contributed by atoms with Crippen LogP contribution in [0.5, 0.6) is 0 Å². The molecule has 0 aromatic carbocycles. The van der Waals surface area contributed by atoms with Crippen molar-refractivity contribution in [2.45, 2.75) is 46.5 Å². The molecule has 0 heterocycles. The number of carbonyl (C=O) groups excluding carboxylic acids is 2. The Morgan fingerprint density at radius 3 is 2.56 bits per heavy atom. The SMILES string of the molecule is CCCC(=O)[C@@H]1C(=O)CC(C)(C)CC1=NC. The van der Waals surface area contributed by atoms with E-state index in [-0.39, 0.29) is 17.0 Å². The quantitative estimate of drug-likeness (QED) is 0.690. The van der Waals surface area contributed by atoms with Crippen molar-refractivity contribution in [1.29, 1.82) is 0 Å². The number of hydrogen-bond donors (Lipinski definition) is 0. The lowest BCUT2D eigenvalue weighted by Gasteiger charge is -2.33. The molecule has 0 N–H and O–H groups in total. The zero-order valence-electron chi connectivity index (χ0n) is 10.7. The van der Waals surface area contributed by atoms with Crippen LogP contribution in [0.3, 0.4) is 0 Å². The Hall–Kier alpha value is -0.990. The van der Waals surface area contributed by atoms with Gasteiger partial charge in [-0.25, -0.2) is 0 Å². The van der Waals surface area contributed by atoms with E-state index in [1.165, 1.54) is 0 Å². The van der Waals surface area contributed by atoms with E-state index in [9.17, 15) is 9.59 Å². The van der Waals surface area contributed by atoms with Gasteiger partial charge in [0.1, 0.15) is 17.5 Å². The summed E-state index contributed by atoms with van der Waals surface area (Å²) in [6.45, 7) is 6.06. The maximum absolute atomic E-state index is 12.0. The minimum Gasteiger partial charge on any atom is -0.298 e. The smallest absolute Gasteiger partial charge is 0.149 e. The Morgan fingerprint density at radius 1 is 1.44 bits per heavy atom. The lowest BCUT2D eigenvalue weighted by atomic mass is 9.69. The largest absolute Gasteiger partial charge is 0.298 e. The summed E-state index contributed by atoms with van der Waals surface area (Å²) in [5.74, 6) is -0.447. The summed E-state index contributed by atoms with van der Waals surface area (Å²) in [6, 6.07) is 0. The molecular formula is C13H21NO2. The van der Waals surface area contributed by atoms with E-state index in [1.54, 1.807) is 7.05 Å². The first-order chi connectivity index (χ1) is 7.41. The normalized spacial score (nSPS) is 27.1. The molecule has 0 unspecified atom stereocenters. The van der Waals surface area contributed by atoms with Crippen molar-refractivity contribution in [3.63, 3.8) is 0 Å². The second-order valence-electron chi connectivity index (χ2n) is 5.35. The Morgan fingerprint density at radius 2 is 2.06 bits per heavy atom. The standard InChI is InChI=1S/C13H21NO2/c1-5-6-10(15)12-9(14-4)7-13(2,3)8-11(12)16/h12H,5-8H2,1-4H3/t12-/m1/s1. The summed E-state index contributed by atoms with van der Waals surface area (Å²) in [7, 11) is 1.68. The summed E-state index contributed by atoms with van der Waals surface area (Å²) in [5, 5.41) is 0. The molecule has 3 heteroatoms. The average molecular weight is 223 g/mol. The van der Waals surface area contributed by atoms with Gasteiger partial charge in [-0.15, -0.1) is 0 Å². The fourth-order valence-corrected chi connectivity index (χ4v) is 2.38. The van der Waals surface area contributed by atoms with Crippen molar-refractivity contribution in [3.05, 3.63) is 0 Å². The van der Waals surface area contributed by atoms with Crippen LogP contribution in [0.1, 0.15) is 46.5 Å². The Bertz CT molecular complexity index is 329. The molecule has 1 saturated carbocycles. The molecule has 1 atom stereocenters. The van der Waals surface area contributed by atoms with Gasteiger partial charge in [-0.05, 0) is 18.3 Å². The molecule has 0 aromatic rings. The van der Waals surface area contributed by atoms with E-state index in [1.807, 2.05) is 6.92 Å². The van der Waals surface area contributed by atoms with Crippen molar-refractivity contribution in [2.75, 3.05) is 7.05 Å². The molecule has 1 aliphatic rings. The third-order valence-corrected chi connectivity index (χ3v) is 3.07. The van der Waals surface area contributed by atoms with Gasteiger partial charge in [0, 0.05) is 25.6 Å².